The van der Waals surface area contributed by atoms with Gasteiger partial charge in [-0.3, -0.25) is 28.6 Å². The monoisotopic (exact) mass is 437 g/mol. The summed E-state index contributed by atoms with van der Waals surface area (Å²) in [6.07, 6.45) is 10.4. The van der Waals surface area contributed by atoms with Gasteiger partial charge in [0.15, 0.2) is 0 Å². The fourth-order valence-electron chi connectivity index (χ4n) is 4.14. The minimum absolute atomic E-state index is 0.0331. The Hall–Kier alpha value is -3.76. The molecule has 32 heavy (non-hydrogen) atoms. The number of hydrogen-bond acceptors (Lipinski definition) is 6. The number of carbonyl (C=O) groups is 2. The van der Waals surface area contributed by atoms with Gasteiger partial charge in [-0.2, -0.15) is 5.10 Å². The number of aromatic nitrogens is 5. The lowest BCUT2D eigenvalue weighted by molar-refractivity contribution is -0.122. The zero-order valence-corrected chi connectivity index (χ0v) is 17.3. The standard InChI is InChI=1S/C21H23N7O4/c29-17(24-13-3-1-2-4-13)11-27-10-14(9-23-27)25-19(30)12-7-16-18(22-8-12)28(15-5-6-15)21(32)26-20(16)31/h7-10,13,15H,1-6,11H2,(H,24,29)(H,25,30)(H,26,31,32). The maximum atomic E-state index is 12.7. The first-order valence-electron chi connectivity index (χ1n) is 10.8. The number of carbonyl (C=O) groups excluding carboxylic acids is 2. The SMILES string of the molecule is O=C(Cn1cc(NC(=O)c2cnc3c(c2)c(=O)[nH]c(=O)n3C2CC2)cn1)NC1CCCC1. The summed E-state index contributed by atoms with van der Waals surface area (Å²) in [5.41, 5.74) is -0.195. The van der Waals surface area contributed by atoms with Crippen molar-refractivity contribution in [2.75, 3.05) is 5.32 Å². The second-order valence-electron chi connectivity index (χ2n) is 8.39. The van der Waals surface area contributed by atoms with Gasteiger partial charge in [-0.15, -0.1) is 0 Å². The summed E-state index contributed by atoms with van der Waals surface area (Å²) in [6, 6.07) is 1.69. The fourth-order valence-corrected chi connectivity index (χ4v) is 4.14. The van der Waals surface area contributed by atoms with Crippen LogP contribution in [0.25, 0.3) is 11.0 Å². The molecule has 11 nitrogen and oxygen atoms in total. The van der Waals surface area contributed by atoms with Crippen LogP contribution in [0.3, 0.4) is 0 Å². The number of fused-ring (bicyclic) bond motifs is 1. The van der Waals surface area contributed by atoms with Crippen LogP contribution in [0.1, 0.15) is 54.9 Å². The Morgan fingerprint density at radius 3 is 2.66 bits per heavy atom. The molecule has 0 atom stereocenters. The maximum absolute atomic E-state index is 12.7. The lowest BCUT2D eigenvalue weighted by Gasteiger charge is -2.11. The van der Waals surface area contributed by atoms with E-state index in [4.69, 9.17) is 0 Å². The number of rotatable bonds is 6. The molecule has 2 saturated carbocycles. The largest absolute Gasteiger partial charge is 0.352 e. The molecule has 3 N–H and O–H groups in total. The van der Waals surface area contributed by atoms with Crippen LogP contribution in [0.2, 0.25) is 0 Å². The zero-order valence-electron chi connectivity index (χ0n) is 17.3. The Labute approximate surface area is 181 Å². The van der Waals surface area contributed by atoms with Gasteiger partial charge >= 0.3 is 5.69 Å². The minimum atomic E-state index is -0.579. The van der Waals surface area contributed by atoms with E-state index < -0.39 is 17.2 Å². The van der Waals surface area contributed by atoms with E-state index in [-0.39, 0.29) is 41.1 Å². The average Bonchev–Trinajstić information content (AvgIpc) is 3.27. The zero-order chi connectivity index (χ0) is 22.2. The van der Waals surface area contributed by atoms with Crippen LogP contribution in [0, 0.1) is 0 Å². The van der Waals surface area contributed by atoms with E-state index in [1.807, 2.05) is 0 Å². The molecule has 3 heterocycles. The molecule has 2 fully saturated rings. The van der Waals surface area contributed by atoms with Gasteiger partial charge in [0.2, 0.25) is 5.91 Å². The van der Waals surface area contributed by atoms with E-state index in [0.29, 0.717) is 5.69 Å². The number of anilines is 1. The van der Waals surface area contributed by atoms with Gasteiger partial charge in [0, 0.05) is 24.5 Å². The summed E-state index contributed by atoms with van der Waals surface area (Å²) in [7, 11) is 0. The topological polar surface area (TPSA) is 144 Å². The Balaban J connectivity index is 1.29. The van der Waals surface area contributed by atoms with Gasteiger partial charge in [0.05, 0.1) is 22.8 Å². The summed E-state index contributed by atoms with van der Waals surface area (Å²) in [6.45, 7) is 0.0674. The number of hydrogen-bond donors (Lipinski definition) is 3. The molecular formula is C21H23N7O4. The Morgan fingerprint density at radius 1 is 1.12 bits per heavy atom. The Morgan fingerprint density at radius 2 is 1.91 bits per heavy atom. The molecule has 166 valence electrons. The van der Waals surface area contributed by atoms with Crippen molar-refractivity contribution in [3.8, 4) is 0 Å². The van der Waals surface area contributed by atoms with E-state index in [1.165, 1.54) is 27.7 Å². The van der Waals surface area contributed by atoms with E-state index in [0.717, 1.165) is 38.5 Å². The number of pyridine rings is 1. The van der Waals surface area contributed by atoms with Crippen molar-refractivity contribution in [3.05, 3.63) is 51.1 Å². The van der Waals surface area contributed by atoms with E-state index in [1.54, 1.807) is 6.20 Å². The molecule has 3 aromatic heterocycles. The highest BCUT2D eigenvalue weighted by atomic mass is 16.2. The van der Waals surface area contributed by atoms with Gasteiger partial charge in [0.25, 0.3) is 11.5 Å². The molecule has 3 aromatic rings. The van der Waals surface area contributed by atoms with Crippen molar-refractivity contribution in [1.29, 1.82) is 0 Å². The van der Waals surface area contributed by atoms with Crippen LogP contribution in [0.5, 0.6) is 0 Å². The summed E-state index contributed by atoms with van der Waals surface area (Å²) in [4.78, 5) is 55.7. The second kappa shape index (κ2) is 8.06. The molecule has 5 rings (SSSR count). The molecule has 0 unspecified atom stereocenters. The smallest absolute Gasteiger partial charge is 0.330 e. The molecule has 0 saturated heterocycles. The van der Waals surface area contributed by atoms with Crippen LogP contribution in [0.15, 0.2) is 34.2 Å². The van der Waals surface area contributed by atoms with E-state index in [2.05, 4.69) is 25.7 Å². The molecule has 0 bridgehead atoms. The van der Waals surface area contributed by atoms with Crippen LogP contribution in [-0.2, 0) is 11.3 Å². The Kier molecular flexibility index (Phi) is 5.08. The molecule has 2 aliphatic rings. The van der Waals surface area contributed by atoms with E-state index >= 15 is 0 Å². The third-order valence-corrected chi connectivity index (χ3v) is 5.87. The Bertz CT molecular complexity index is 1310. The highest BCUT2D eigenvalue weighted by Gasteiger charge is 2.28. The maximum Gasteiger partial charge on any atom is 0.330 e. The number of H-pyrrole nitrogens is 1. The number of amides is 2. The predicted octanol–water partition coefficient (Wildman–Crippen LogP) is 0.927. The number of aromatic amines is 1. The van der Waals surface area contributed by atoms with E-state index in [9.17, 15) is 19.2 Å². The average molecular weight is 437 g/mol. The van der Waals surface area contributed by atoms with Gasteiger partial charge < -0.3 is 10.6 Å². The van der Waals surface area contributed by atoms with Crippen molar-refractivity contribution in [2.45, 2.75) is 57.2 Å². The number of nitrogens with zero attached hydrogens (tertiary/aromatic N) is 4. The predicted molar refractivity (Wildman–Crippen MR) is 115 cm³/mol. The van der Waals surface area contributed by atoms with Gasteiger partial charge in [-0.1, -0.05) is 12.8 Å². The molecule has 2 amide bonds. The third-order valence-electron chi connectivity index (χ3n) is 5.87. The van der Waals surface area contributed by atoms with Gasteiger partial charge in [-0.25, -0.2) is 9.78 Å². The van der Waals surface area contributed by atoms with Crippen molar-refractivity contribution in [2.24, 2.45) is 0 Å². The first kappa shape index (κ1) is 20.2. The first-order chi connectivity index (χ1) is 15.5. The quantitative estimate of drug-likeness (QED) is 0.523. The molecule has 0 spiro atoms. The van der Waals surface area contributed by atoms with Crippen molar-refractivity contribution >= 4 is 28.5 Å². The van der Waals surface area contributed by atoms with Crippen molar-refractivity contribution < 1.29 is 9.59 Å². The summed E-state index contributed by atoms with van der Waals surface area (Å²) in [5.74, 6) is -0.588. The lowest BCUT2D eigenvalue weighted by atomic mass is 10.2. The summed E-state index contributed by atoms with van der Waals surface area (Å²) < 4.78 is 2.93. The van der Waals surface area contributed by atoms with Crippen LogP contribution < -0.4 is 21.9 Å². The summed E-state index contributed by atoms with van der Waals surface area (Å²) in [5, 5.41) is 9.99. The molecule has 11 heteroatoms. The molecule has 0 aromatic carbocycles. The highest BCUT2D eigenvalue weighted by molar-refractivity contribution is 6.05. The third kappa shape index (κ3) is 4.05. The highest BCUT2D eigenvalue weighted by Crippen LogP contribution is 2.34. The molecule has 2 aliphatic carbocycles. The van der Waals surface area contributed by atoms with Crippen LogP contribution >= 0.6 is 0 Å². The normalized spacial score (nSPS) is 16.4. The van der Waals surface area contributed by atoms with Crippen molar-refractivity contribution in [1.82, 2.24) is 29.6 Å². The minimum Gasteiger partial charge on any atom is -0.352 e. The van der Waals surface area contributed by atoms with Gasteiger partial charge in [0.1, 0.15) is 12.2 Å². The van der Waals surface area contributed by atoms with Crippen LogP contribution in [-0.4, -0.2) is 42.2 Å². The van der Waals surface area contributed by atoms with Crippen LogP contribution in [0.4, 0.5) is 5.69 Å². The number of nitrogens with one attached hydrogen (secondary N) is 3. The molecular weight excluding hydrogens is 414 g/mol. The molecule has 0 radical (unpaired) electrons. The molecule has 0 aliphatic heterocycles. The summed E-state index contributed by atoms with van der Waals surface area (Å²) >= 11 is 0. The van der Waals surface area contributed by atoms with Gasteiger partial charge in [-0.05, 0) is 31.7 Å². The fraction of sp³-hybridized carbons (Fsp3) is 0.429. The first-order valence-corrected chi connectivity index (χ1v) is 10.8. The van der Waals surface area contributed by atoms with Crippen molar-refractivity contribution in [3.63, 3.8) is 0 Å². The lowest BCUT2D eigenvalue weighted by Crippen LogP contribution is -2.35. The second-order valence-corrected chi connectivity index (χ2v) is 8.39.